The first-order valence-corrected chi connectivity index (χ1v) is 10.8. The number of nitrogens with zero attached hydrogens (tertiary/aromatic N) is 4. The molecule has 5 rings (SSSR count). The Morgan fingerprint density at radius 2 is 1.77 bits per heavy atom. The highest BCUT2D eigenvalue weighted by Gasteiger charge is 2.14. The minimum Gasteiger partial charge on any atom is -0.334 e. The number of benzene rings is 3. The molecule has 2 aromatic heterocycles. The second-order valence-corrected chi connectivity index (χ2v) is 7.91. The molecular formula is C23H17FN4O2S. The highest BCUT2D eigenvalue weighted by molar-refractivity contribution is 7.98. The summed E-state index contributed by atoms with van der Waals surface area (Å²) in [7, 11) is 0. The van der Waals surface area contributed by atoms with Crippen LogP contribution >= 0.6 is 11.8 Å². The van der Waals surface area contributed by atoms with Gasteiger partial charge in [0.1, 0.15) is 5.82 Å². The summed E-state index contributed by atoms with van der Waals surface area (Å²) in [6, 6.07) is 17.6. The molecule has 0 atom stereocenters. The molecule has 0 amide bonds. The van der Waals surface area contributed by atoms with E-state index >= 15 is 0 Å². The summed E-state index contributed by atoms with van der Waals surface area (Å²) in [6.45, 7) is 2.42. The molecule has 6 nitrogen and oxygen atoms in total. The molecule has 0 radical (unpaired) electrons. The van der Waals surface area contributed by atoms with Gasteiger partial charge in [-0.05, 0) is 54.1 Å². The molecule has 0 spiro atoms. The number of rotatable bonds is 5. The molecule has 2 heterocycles. The fourth-order valence-electron chi connectivity index (χ4n) is 3.43. The summed E-state index contributed by atoms with van der Waals surface area (Å²) in [5, 5.41) is 7.24. The van der Waals surface area contributed by atoms with Crippen LogP contribution in [0.1, 0.15) is 12.7 Å². The third kappa shape index (κ3) is 3.70. The number of fused-ring (bicyclic) bond motifs is 2. The minimum absolute atomic E-state index is 0.0686. The van der Waals surface area contributed by atoms with E-state index in [1.165, 1.54) is 23.9 Å². The smallest absolute Gasteiger partial charge is 0.262 e. The summed E-state index contributed by atoms with van der Waals surface area (Å²) < 4.78 is 20.1. The lowest BCUT2D eigenvalue weighted by molar-refractivity contribution is 0.425. The van der Waals surface area contributed by atoms with Gasteiger partial charge < -0.3 is 4.52 Å². The van der Waals surface area contributed by atoms with Crippen molar-refractivity contribution in [1.29, 1.82) is 0 Å². The molecule has 0 aliphatic heterocycles. The lowest BCUT2D eigenvalue weighted by atomic mass is 10.1. The summed E-state index contributed by atoms with van der Waals surface area (Å²) in [5.41, 5.74) is 1.24. The SMILES string of the molecule is CCn1c(SCc2noc(-c3ccc(F)cc3)n2)nc2cc3ccccc3cc2c1=O. The van der Waals surface area contributed by atoms with Gasteiger partial charge in [0.25, 0.3) is 11.4 Å². The van der Waals surface area contributed by atoms with Gasteiger partial charge in [0, 0.05) is 12.1 Å². The van der Waals surface area contributed by atoms with E-state index in [2.05, 4.69) is 10.1 Å². The highest BCUT2D eigenvalue weighted by Crippen LogP contribution is 2.25. The highest BCUT2D eigenvalue weighted by atomic mass is 32.2. The molecule has 0 N–H and O–H groups in total. The summed E-state index contributed by atoms with van der Waals surface area (Å²) in [6.07, 6.45) is 0. The van der Waals surface area contributed by atoms with E-state index in [0.29, 0.717) is 45.6 Å². The first-order valence-electron chi connectivity index (χ1n) is 9.77. The van der Waals surface area contributed by atoms with Gasteiger partial charge in [0.05, 0.1) is 16.7 Å². The maximum Gasteiger partial charge on any atom is 0.262 e. The maximum atomic E-state index is 13.1. The van der Waals surface area contributed by atoms with Gasteiger partial charge in [0.2, 0.25) is 0 Å². The molecule has 8 heteroatoms. The molecule has 0 fully saturated rings. The Hall–Kier alpha value is -3.52. The molecule has 0 saturated carbocycles. The van der Waals surface area contributed by atoms with Crippen molar-refractivity contribution in [3.05, 3.63) is 82.7 Å². The molecule has 0 unspecified atom stereocenters. The second kappa shape index (κ2) is 7.96. The van der Waals surface area contributed by atoms with Crippen molar-refractivity contribution in [1.82, 2.24) is 19.7 Å². The van der Waals surface area contributed by atoms with E-state index in [9.17, 15) is 9.18 Å². The molecule has 31 heavy (non-hydrogen) atoms. The summed E-state index contributed by atoms with van der Waals surface area (Å²) in [5.74, 6) is 0.851. The van der Waals surface area contributed by atoms with Crippen molar-refractivity contribution in [3.8, 4) is 11.5 Å². The van der Waals surface area contributed by atoms with Gasteiger partial charge in [-0.15, -0.1) is 0 Å². The number of aromatic nitrogens is 4. The van der Waals surface area contributed by atoms with E-state index in [1.807, 2.05) is 43.3 Å². The number of halogens is 1. The first-order chi connectivity index (χ1) is 15.1. The monoisotopic (exact) mass is 432 g/mol. The maximum absolute atomic E-state index is 13.1. The molecule has 0 aliphatic rings. The molecule has 3 aromatic carbocycles. The van der Waals surface area contributed by atoms with Crippen LogP contribution in [0.5, 0.6) is 0 Å². The molecular weight excluding hydrogens is 415 g/mol. The quantitative estimate of drug-likeness (QED) is 0.220. The summed E-state index contributed by atoms with van der Waals surface area (Å²) >= 11 is 1.38. The van der Waals surface area contributed by atoms with Crippen LogP contribution < -0.4 is 5.56 Å². The lowest BCUT2D eigenvalue weighted by Crippen LogP contribution is -2.22. The van der Waals surface area contributed by atoms with Crippen LogP contribution in [0.4, 0.5) is 4.39 Å². The second-order valence-electron chi connectivity index (χ2n) is 6.97. The van der Waals surface area contributed by atoms with E-state index in [4.69, 9.17) is 9.51 Å². The van der Waals surface area contributed by atoms with Gasteiger partial charge in [-0.3, -0.25) is 9.36 Å². The zero-order chi connectivity index (χ0) is 21.4. The zero-order valence-electron chi connectivity index (χ0n) is 16.6. The first kappa shape index (κ1) is 19.4. The molecule has 154 valence electrons. The fraction of sp³-hybridized carbons (Fsp3) is 0.130. The zero-order valence-corrected chi connectivity index (χ0v) is 17.4. The van der Waals surface area contributed by atoms with Gasteiger partial charge in [-0.1, -0.05) is 41.2 Å². The predicted molar refractivity (Wildman–Crippen MR) is 118 cm³/mol. The summed E-state index contributed by atoms with van der Waals surface area (Å²) in [4.78, 5) is 22.2. The molecule has 0 bridgehead atoms. The van der Waals surface area contributed by atoms with E-state index in [1.54, 1.807) is 16.7 Å². The Morgan fingerprint density at radius 1 is 1.03 bits per heavy atom. The Morgan fingerprint density at radius 3 is 2.52 bits per heavy atom. The Labute approximate surface area is 180 Å². The fourth-order valence-corrected chi connectivity index (χ4v) is 4.33. The third-order valence-corrected chi connectivity index (χ3v) is 5.96. The Balaban J connectivity index is 1.46. The van der Waals surface area contributed by atoms with Gasteiger partial charge >= 0.3 is 0 Å². The van der Waals surface area contributed by atoms with Crippen LogP contribution in [-0.4, -0.2) is 19.7 Å². The van der Waals surface area contributed by atoms with Crippen LogP contribution in [0.25, 0.3) is 33.1 Å². The van der Waals surface area contributed by atoms with Crippen LogP contribution in [0, 0.1) is 5.82 Å². The standard InChI is InChI=1S/C23H17FN4O2S/c1-2-28-22(29)18-11-15-5-3-4-6-16(15)12-19(18)25-23(28)31-13-20-26-21(30-27-20)14-7-9-17(24)10-8-14/h3-12H,2,13H2,1H3. The topological polar surface area (TPSA) is 73.8 Å². The Bertz CT molecular complexity index is 1460. The normalized spacial score (nSPS) is 11.4. The number of hydrogen-bond donors (Lipinski definition) is 0. The number of hydrogen-bond acceptors (Lipinski definition) is 6. The van der Waals surface area contributed by atoms with Crippen molar-refractivity contribution >= 4 is 33.4 Å². The van der Waals surface area contributed by atoms with E-state index < -0.39 is 0 Å². The predicted octanol–water partition coefficient (Wildman–Crippen LogP) is 5.05. The van der Waals surface area contributed by atoms with Crippen LogP contribution in [-0.2, 0) is 12.3 Å². The molecule has 5 aromatic rings. The van der Waals surface area contributed by atoms with Gasteiger partial charge in [0.15, 0.2) is 11.0 Å². The van der Waals surface area contributed by atoms with Crippen molar-refractivity contribution in [2.24, 2.45) is 0 Å². The van der Waals surface area contributed by atoms with Crippen molar-refractivity contribution in [2.75, 3.05) is 0 Å². The lowest BCUT2D eigenvalue weighted by Gasteiger charge is -2.11. The minimum atomic E-state index is -0.327. The molecule has 0 aliphatic carbocycles. The van der Waals surface area contributed by atoms with Crippen molar-refractivity contribution in [2.45, 2.75) is 24.4 Å². The molecule has 0 saturated heterocycles. The van der Waals surface area contributed by atoms with Gasteiger partial charge in [-0.2, -0.15) is 4.98 Å². The van der Waals surface area contributed by atoms with Crippen LogP contribution in [0.15, 0.2) is 75.1 Å². The van der Waals surface area contributed by atoms with Crippen molar-refractivity contribution in [3.63, 3.8) is 0 Å². The average Bonchev–Trinajstić information content (AvgIpc) is 3.26. The van der Waals surface area contributed by atoms with E-state index in [0.717, 1.165) is 10.8 Å². The average molecular weight is 432 g/mol. The van der Waals surface area contributed by atoms with Gasteiger partial charge in [-0.25, -0.2) is 9.37 Å². The van der Waals surface area contributed by atoms with Crippen LogP contribution in [0.2, 0.25) is 0 Å². The van der Waals surface area contributed by atoms with Crippen molar-refractivity contribution < 1.29 is 8.91 Å². The Kier molecular flexibility index (Phi) is 4.99. The number of thioether (sulfide) groups is 1. The third-order valence-electron chi connectivity index (χ3n) is 4.99. The van der Waals surface area contributed by atoms with Crippen LogP contribution in [0.3, 0.4) is 0 Å². The largest absolute Gasteiger partial charge is 0.334 e. The van der Waals surface area contributed by atoms with E-state index in [-0.39, 0.29) is 11.4 Å².